The molecule has 0 spiro atoms. The van der Waals surface area contributed by atoms with E-state index in [1.807, 2.05) is 18.2 Å². The fourth-order valence-electron chi connectivity index (χ4n) is 5.22. The highest BCUT2D eigenvalue weighted by Crippen LogP contribution is 2.47. The number of nitrogens with zero attached hydrogens (tertiary/aromatic N) is 6. The van der Waals surface area contributed by atoms with Crippen molar-refractivity contribution >= 4 is 69.7 Å². The summed E-state index contributed by atoms with van der Waals surface area (Å²) in [6.45, 7) is 10.6. The van der Waals surface area contributed by atoms with E-state index < -0.39 is 6.03 Å². The zero-order valence-corrected chi connectivity index (χ0v) is 26.5. The maximum absolute atomic E-state index is 13.6. The third-order valence-corrected chi connectivity index (χ3v) is 8.43. The Labute approximate surface area is 266 Å². The van der Waals surface area contributed by atoms with Crippen LogP contribution < -0.4 is 34.8 Å². The van der Waals surface area contributed by atoms with Gasteiger partial charge in [-0.25, -0.2) is 9.78 Å². The van der Waals surface area contributed by atoms with E-state index >= 15 is 0 Å². The fourth-order valence-corrected chi connectivity index (χ4v) is 5.93. The van der Waals surface area contributed by atoms with Crippen molar-refractivity contribution in [3.8, 4) is 11.5 Å². The molecule has 0 bridgehead atoms. The van der Waals surface area contributed by atoms with Gasteiger partial charge in [0, 0.05) is 56.7 Å². The van der Waals surface area contributed by atoms with Gasteiger partial charge in [0.1, 0.15) is 27.4 Å². The van der Waals surface area contributed by atoms with Crippen LogP contribution in [0.4, 0.5) is 39.3 Å². The molecule has 44 heavy (non-hydrogen) atoms. The lowest BCUT2D eigenvalue weighted by Gasteiger charge is -2.36. The Kier molecular flexibility index (Phi) is 9.33. The molecule has 0 unspecified atom stereocenters. The van der Waals surface area contributed by atoms with Crippen LogP contribution >= 0.6 is 23.2 Å². The number of likely N-dealkylation sites (N-methyl/N-ethyl adjacent to an activating group) is 1. The molecule has 2 aromatic carbocycles. The van der Waals surface area contributed by atoms with Crippen molar-refractivity contribution in [2.24, 2.45) is 0 Å². The molecule has 1 aromatic heterocycles. The topological polar surface area (TPSA) is 115 Å². The summed E-state index contributed by atoms with van der Waals surface area (Å²) >= 11 is 13.2. The van der Waals surface area contributed by atoms with Crippen molar-refractivity contribution in [1.82, 2.24) is 14.9 Å². The number of methoxy groups -OCH3 is 2. The molecule has 3 heterocycles. The first-order valence-corrected chi connectivity index (χ1v) is 14.8. The van der Waals surface area contributed by atoms with Crippen LogP contribution in [0.1, 0.15) is 12.5 Å². The third-order valence-electron chi connectivity index (χ3n) is 7.70. The average Bonchev–Trinajstić information content (AvgIpc) is 3.04. The predicted octanol–water partition coefficient (Wildman–Crippen LogP) is 5.39. The van der Waals surface area contributed by atoms with Crippen LogP contribution in [0.3, 0.4) is 0 Å². The molecule has 1 saturated heterocycles. The normalized spacial score (nSPS) is 15.1. The van der Waals surface area contributed by atoms with Crippen molar-refractivity contribution in [2.75, 3.05) is 79.3 Å². The van der Waals surface area contributed by atoms with Crippen molar-refractivity contribution in [1.29, 1.82) is 0 Å². The van der Waals surface area contributed by atoms with Crippen LogP contribution in [0.15, 0.2) is 43.1 Å². The van der Waals surface area contributed by atoms with E-state index in [4.69, 9.17) is 32.7 Å². The highest BCUT2D eigenvalue weighted by atomic mass is 35.5. The number of piperazine rings is 1. The van der Waals surface area contributed by atoms with E-state index in [1.165, 1.54) is 30.1 Å². The summed E-state index contributed by atoms with van der Waals surface area (Å²) in [5.74, 6) is 0.939. The molecule has 0 atom stereocenters. The number of urea groups is 1. The Morgan fingerprint density at radius 2 is 1.75 bits per heavy atom. The Hall–Kier alpha value is -4.26. The molecule has 3 aromatic rings. The number of aromatic nitrogens is 2. The first kappa shape index (κ1) is 31.2. The number of benzene rings is 2. The van der Waals surface area contributed by atoms with Gasteiger partial charge in [-0.05, 0) is 30.8 Å². The molecule has 232 valence electrons. The minimum atomic E-state index is -0.410. The summed E-state index contributed by atoms with van der Waals surface area (Å²) in [5.41, 5.74) is 3.05. The predicted molar refractivity (Wildman–Crippen MR) is 174 cm³/mol. The highest BCUT2D eigenvalue weighted by Gasteiger charge is 2.35. The molecule has 2 aliphatic rings. The van der Waals surface area contributed by atoms with E-state index in [2.05, 4.69) is 43.9 Å². The number of rotatable bonds is 9. The number of anilines is 6. The highest BCUT2D eigenvalue weighted by molar-refractivity contribution is 6.42. The van der Waals surface area contributed by atoms with E-state index in [1.54, 1.807) is 19.3 Å². The van der Waals surface area contributed by atoms with Gasteiger partial charge in [-0.15, -0.1) is 0 Å². The maximum Gasteiger partial charge on any atom is 0.330 e. The third kappa shape index (κ3) is 6.05. The largest absolute Gasteiger partial charge is 0.495 e. The lowest BCUT2D eigenvalue weighted by atomic mass is 10.1. The molecular formula is C30H34Cl2N8O4. The average molecular weight is 642 g/mol. The monoisotopic (exact) mass is 640 g/mol. The quantitative estimate of drug-likeness (QED) is 0.297. The van der Waals surface area contributed by atoms with E-state index in [-0.39, 0.29) is 34.1 Å². The standard InChI is InChI=1S/C30H34Cl2N8O4/c1-6-24(41)34-21-14-19(39-12-10-38(7-2)11-13-39)8-9-20(21)35-29-33-16-18-17-40(30(42)37(3)28(18)36-29)27-25(31)22(43-4)15-23(44-5)26(27)32/h6,8-9,14-16H,1,7,10-13,17H2,2-5H3,(H,34,41)(H,33,35,36). The Morgan fingerprint density at radius 1 is 1.07 bits per heavy atom. The van der Waals surface area contributed by atoms with Gasteiger partial charge in [0.25, 0.3) is 0 Å². The molecule has 2 N–H and O–H groups in total. The Bertz CT molecular complexity index is 1570. The van der Waals surface area contributed by atoms with Gasteiger partial charge in [0.15, 0.2) is 0 Å². The molecular weight excluding hydrogens is 607 g/mol. The van der Waals surface area contributed by atoms with Crippen molar-refractivity contribution < 1.29 is 19.1 Å². The van der Waals surface area contributed by atoms with E-state index in [0.29, 0.717) is 34.3 Å². The summed E-state index contributed by atoms with van der Waals surface area (Å²) in [6.07, 6.45) is 2.85. The van der Waals surface area contributed by atoms with Crippen LogP contribution in [0.25, 0.3) is 0 Å². The molecule has 1 fully saturated rings. The van der Waals surface area contributed by atoms with Gasteiger partial charge >= 0.3 is 6.03 Å². The minimum absolute atomic E-state index is 0.106. The second-order valence-corrected chi connectivity index (χ2v) is 11.0. The fraction of sp³-hybridized carbons (Fsp3) is 0.333. The number of hydrogen-bond acceptors (Lipinski definition) is 9. The minimum Gasteiger partial charge on any atom is -0.495 e. The lowest BCUT2D eigenvalue weighted by Crippen LogP contribution is -2.46. The number of nitrogens with one attached hydrogen (secondary N) is 2. The van der Waals surface area contributed by atoms with Crippen LogP contribution in [0.5, 0.6) is 11.5 Å². The molecule has 2 aliphatic heterocycles. The SMILES string of the molecule is C=CC(=O)Nc1cc(N2CCN(CC)CC2)ccc1Nc1ncc2c(n1)N(C)C(=O)N(c1c(Cl)c(OC)cc(OC)c1Cl)C2. The number of carbonyl (C=O) groups is 2. The summed E-state index contributed by atoms with van der Waals surface area (Å²) in [7, 11) is 4.54. The number of hydrogen-bond donors (Lipinski definition) is 2. The van der Waals surface area contributed by atoms with Crippen LogP contribution in [0.2, 0.25) is 10.0 Å². The number of carbonyl (C=O) groups excluding carboxylic acids is 2. The van der Waals surface area contributed by atoms with Gasteiger partial charge < -0.3 is 29.9 Å². The van der Waals surface area contributed by atoms with E-state index in [9.17, 15) is 9.59 Å². The molecule has 3 amide bonds. The smallest absolute Gasteiger partial charge is 0.330 e. The van der Waals surface area contributed by atoms with Gasteiger partial charge in [0.05, 0.1) is 37.8 Å². The number of amides is 3. The zero-order chi connectivity index (χ0) is 31.5. The van der Waals surface area contributed by atoms with Crippen molar-refractivity contribution in [3.05, 3.63) is 58.7 Å². The number of halogens is 2. The van der Waals surface area contributed by atoms with Gasteiger partial charge in [-0.2, -0.15) is 4.98 Å². The Morgan fingerprint density at radius 3 is 2.36 bits per heavy atom. The summed E-state index contributed by atoms with van der Waals surface area (Å²) in [5, 5.41) is 6.43. The van der Waals surface area contributed by atoms with Crippen LogP contribution in [-0.2, 0) is 11.3 Å². The zero-order valence-electron chi connectivity index (χ0n) is 25.0. The summed E-state index contributed by atoms with van der Waals surface area (Å²) in [4.78, 5) is 42.6. The first-order valence-electron chi connectivity index (χ1n) is 14.0. The van der Waals surface area contributed by atoms with Gasteiger partial charge in [-0.1, -0.05) is 36.7 Å². The van der Waals surface area contributed by atoms with Crippen molar-refractivity contribution in [2.45, 2.75) is 13.5 Å². The lowest BCUT2D eigenvalue weighted by molar-refractivity contribution is -0.111. The number of ether oxygens (including phenoxy) is 2. The molecule has 0 saturated carbocycles. The second-order valence-electron chi connectivity index (χ2n) is 10.2. The Balaban J connectivity index is 1.43. The van der Waals surface area contributed by atoms with Gasteiger partial charge in [-0.3, -0.25) is 14.6 Å². The second kappa shape index (κ2) is 13.2. The molecule has 5 rings (SSSR count). The van der Waals surface area contributed by atoms with Gasteiger partial charge in [0.2, 0.25) is 11.9 Å². The maximum atomic E-state index is 13.6. The molecule has 0 aliphatic carbocycles. The van der Waals surface area contributed by atoms with Crippen LogP contribution in [0, 0.1) is 0 Å². The first-order chi connectivity index (χ1) is 21.2. The van der Waals surface area contributed by atoms with Crippen molar-refractivity contribution in [3.63, 3.8) is 0 Å². The van der Waals surface area contributed by atoms with E-state index in [0.717, 1.165) is 38.4 Å². The summed E-state index contributed by atoms with van der Waals surface area (Å²) < 4.78 is 10.8. The number of fused-ring (bicyclic) bond motifs is 1. The van der Waals surface area contributed by atoms with Crippen LogP contribution in [-0.4, -0.2) is 80.8 Å². The molecule has 14 heteroatoms. The summed E-state index contributed by atoms with van der Waals surface area (Å²) in [6, 6.07) is 6.95. The molecule has 12 nitrogen and oxygen atoms in total. The molecule has 0 radical (unpaired) electrons.